The van der Waals surface area contributed by atoms with Gasteiger partial charge in [-0.25, -0.2) is 0 Å². The highest BCUT2D eigenvalue weighted by molar-refractivity contribution is 5.05. The zero-order valence-electron chi connectivity index (χ0n) is 9.37. The summed E-state index contributed by atoms with van der Waals surface area (Å²) in [7, 11) is 0. The highest BCUT2D eigenvalue weighted by atomic mass is 16.7. The van der Waals surface area contributed by atoms with Crippen LogP contribution < -0.4 is 5.32 Å². The molecule has 0 bridgehead atoms. The Balaban J connectivity index is 1.80. The zero-order valence-corrected chi connectivity index (χ0v) is 9.37. The first-order valence-corrected chi connectivity index (χ1v) is 5.16. The van der Waals surface area contributed by atoms with E-state index in [1.807, 2.05) is 32.9 Å². The molecule has 1 aromatic heterocycles. The third-order valence-corrected chi connectivity index (χ3v) is 2.31. The van der Waals surface area contributed by atoms with Crippen LogP contribution >= 0.6 is 0 Å². The Kier molecular flexibility index (Phi) is 2.82. The second-order valence-electron chi connectivity index (χ2n) is 4.21. The Morgan fingerprint density at radius 3 is 2.80 bits per heavy atom. The average molecular weight is 211 g/mol. The number of rotatable bonds is 3. The number of ether oxygens (including phenoxy) is 2. The van der Waals surface area contributed by atoms with Gasteiger partial charge in [0.15, 0.2) is 5.79 Å². The topological polar surface area (TPSA) is 43.6 Å². The summed E-state index contributed by atoms with van der Waals surface area (Å²) < 4.78 is 16.5. The van der Waals surface area contributed by atoms with Gasteiger partial charge in [-0.05, 0) is 32.9 Å². The van der Waals surface area contributed by atoms with Crippen LogP contribution in [0.3, 0.4) is 0 Å². The fraction of sp³-hybridized carbons (Fsp3) is 0.636. The second-order valence-corrected chi connectivity index (χ2v) is 4.21. The number of aryl methyl sites for hydroxylation is 1. The smallest absolute Gasteiger partial charge is 0.165 e. The molecule has 0 radical (unpaired) electrons. The Hall–Kier alpha value is -0.840. The number of hydrogen-bond acceptors (Lipinski definition) is 4. The summed E-state index contributed by atoms with van der Waals surface area (Å²) in [5.74, 6) is 1.37. The molecule has 1 saturated heterocycles. The van der Waals surface area contributed by atoms with E-state index in [1.165, 1.54) is 0 Å². The molecule has 4 heteroatoms. The van der Waals surface area contributed by atoms with Crippen LogP contribution in [0.2, 0.25) is 0 Å². The van der Waals surface area contributed by atoms with E-state index in [2.05, 4.69) is 5.32 Å². The van der Waals surface area contributed by atoms with Crippen molar-refractivity contribution in [1.82, 2.24) is 5.32 Å². The summed E-state index contributed by atoms with van der Waals surface area (Å²) >= 11 is 0. The molecule has 1 aliphatic heterocycles. The number of hydrogen-bond donors (Lipinski definition) is 1. The fourth-order valence-corrected chi connectivity index (χ4v) is 1.58. The SMILES string of the molecule is Cc1ccc(CN[C@H]2COC(C)(C)O2)o1. The molecule has 0 aromatic carbocycles. The quantitative estimate of drug-likeness (QED) is 0.827. The van der Waals surface area contributed by atoms with Gasteiger partial charge in [0.1, 0.15) is 17.7 Å². The van der Waals surface area contributed by atoms with Crippen LogP contribution in [-0.4, -0.2) is 18.6 Å². The van der Waals surface area contributed by atoms with Gasteiger partial charge < -0.3 is 13.9 Å². The Morgan fingerprint density at radius 1 is 1.47 bits per heavy atom. The van der Waals surface area contributed by atoms with Gasteiger partial charge in [0.05, 0.1) is 13.2 Å². The summed E-state index contributed by atoms with van der Waals surface area (Å²) in [5.41, 5.74) is 0. The van der Waals surface area contributed by atoms with Crippen LogP contribution in [0, 0.1) is 6.92 Å². The first kappa shape index (κ1) is 10.7. The predicted molar refractivity (Wildman–Crippen MR) is 55.2 cm³/mol. The minimum atomic E-state index is -0.475. The van der Waals surface area contributed by atoms with Gasteiger partial charge in [0.25, 0.3) is 0 Å². The molecule has 0 amide bonds. The second kappa shape index (κ2) is 3.96. The maximum atomic E-state index is 5.60. The highest BCUT2D eigenvalue weighted by Crippen LogP contribution is 2.21. The predicted octanol–water partition coefficient (Wildman–Crippen LogP) is 1.79. The molecule has 0 unspecified atom stereocenters. The minimum absolute atomic E-state index is 0.0505. The molecule has 0 spiro atoms. The van der Waals surface area contributed by atoms with Crippen molar-refractivity contribution < 1.29 is 13.9 Å². The summed E-state index contributed by atoms with van der Waals surface area (Å²) in [4.78, 5) is 0. The van der Waals surface area contributed by atoms with Crippen LogP contribution in [0.15, 0.2) is 16.5 Å². The molecule has 2 heterocycles. The summed E-state index contributed by atoms with van der Waals surface area (Å²) in [6.07, 6.45) is -0.0505. The van der Waals surface area contributed by atoms with Crippen molar-refractivity contribution in [3.05, 3.63) is 23.7 Å². The van der Waals surface area contributed by atoms with E-state index in [9.17, 15) is 0 Å². The third-order valence-electron chi connectivity index (χ3n) is 2.31. The monoisotopic (exact) mass is 211 g/mol. The van der Waals surface area contributed by atoms with Gasteiger partial charge in [0, 0.05) is 0 Å². The molecule has 4 nitrogen and oxygen atoms in total. The van der Waals surface area contributed by atoms with E-state index in [1.54, 1.807) is 0 Å². The van der Waals surface area contributed by atoms with Crippen LogP contribution in [0.5, 0.6) is 0 Å². The molecule has 1 N–H and O–H groups in total. The van der Waals surface area contributed by atoms with Crippen molar-refractivity contribution in [2.45, 2.75) is 39.3 Å². The van der Waals surface area contributed by atoms with Gasteiger partial charge in [0.2, 0.25) is 0 Å². The van der Waals surface area contributed by atoms with Gasteiger partial charge in [-0.15, -0.1) is 0 Å². The minimum Gasteiger partial charge on any atom is -0.465 e. The summed E-state index contributed by atoms with van der Waals surface area (Å²) in [6, 6.07) is 3.91. The molecule has 1 atom stereocenters. The van der Waals surface area contributed by atoms with E-state index in [4.69, 9.17) is 13.9 Å². The molecule has 15 heavy (non-hydrogen) atoms. The lowest BCUT2D eigenvalue weighted by Gasteiger charge is -2.17. The lowest BCUT2D eigenvalue weighted by atomic mass is 10.4. The lowest BCUT2D eigenvalue weighted by molar-refractivity contribution is -0.142. The van der Waals surface area contributed by atoms with Gasteiger partial charge in [-0.2, -0.15) is 0 Å². The molecule has 1 aromatic rings. The molecule has 0 aliphatic carbocycles. The summed E-state index contributed by atoms with van der Waals surface area (Å²) in [5, 5.41) is 3.23. The molecule has 2 rings (SSSR count). The summed E-state index contributed by atoms with van der Waals surface area (Å²) in [6.45, 7) is 6.99. The Morgan fingerprint density at radius 2 is 2.27 bits per heavy atom. The third kappa shape index (κ3) is 2.81. The largest absolute Gasteiger partial charge is 0.465 e. The normalized spacial score (nSPS) is 24.6. The van der Waals surface area contributed by atoms with E-state index in [-0.39, 0.29) is 6.23 Å². The number of nitrogens with one attached hydrogen (secondary N) is 1. The zero-order chi connectivity index (χ0) is 10.9. The van der Waals surface area contributed by atoms with Crippen LogP contribution in [0.1, 0.15) is 25.4 Å². The Labute approximate surface area is 89.6 Å². The average Bonchev–Trinajstić information content (AvgIpc) is 2.69. The fourth-order valence-electron chi connectivity index (χ4n) is 1.58. The highest BCUT2D eigenvalue weighted by Gasteiger charge is 2.32. The van der Waals surface area contributed by atoms with E-state index < -0.39 is 5.79 Å². The maximum absolute atomic E-state index is 5.60. The van der Waals surface area contributed by atoms with Crippen LogP contribution in [-0.2, 0) is 16.0 Å². The maximum Gasteiger partial charge on any atom is 0.165 e. The molecular formula is C11H17NO3. The molecular weight excluding hydrogens is 194 g/mol. The molecule has 0 saturated carbocycles. The number of furan rings is 1. The van der Waals surface area contributed by atoms with Gasteiger partial charge in [-0.3, -0.25) is 5.32 Å². The van der Waals surface area contributed by atoms with Crippen LogP contribution in [0.4, 0.5) is 0 Å². The van der Waals surface area contributed by atoms with Crippen molar-refractivity contribution in [3.8, 4) is 0 Å². The van der Waals surface area contributed by atoms with E-state index in [0.29, 0.717) is 13.2 Å². The molecule has 84 valence electrons. The van der Waals surface area contributed by atoms with Crippen LogP contribution in [0.25, 0.3) is 0 Å². The van der Waals surface area contributed by atoms with Gasteiger partial charge in [-0.1, -0.05) is 0 Å². The van der Waals surface area contributed by atoms with Crippen molar-refractivity contribution in [2.75, 3.05) is 6.61 Å². The first-order valence-electron chi connectivity index (χ1n) is 5.16. The Bertz CT molecular complexity index is 332. The molecule has 1 fully saturated rings. The van der Waals surface area contributed by atoms with E-state index >= 15 is 0 Å². The van der Waals surface area contributed by atoms with Crippen molar-refractivity contribution >= 4 is 0 Å². The lowest BCUT2D eigenvalue weighted by Crippen LogP contribution is -2.32. The first-order chi connectivity index (χ1) is 7.05. The van der Waals surface area contributed by atoms with E-state index in [0.717, 1.165) is 11.5 Å². The van der Waals surface area contributed by atoms with Crippen molar-refractivity contribution in [1.29, 1.82) is 0 Å². The molecule has 1 aliphatic rings. The van der Waals surface area contributed by atoms with Crippen molar-refractivity contribution in [3.63, 3.8) is 0 Å². The van der Waals surface area contributed by atoms with Crippen molar-refractivity contribution in [2.24, 2.45) is 0 Å². The van der Waals surface area contributed by atoms with Gasteiger partial charge >= 0.3 is 0 Å². The standard InChI is InChI=1S/C11H17NO3/c1-8-4-5-9(14-8)6-12-10-7-13-11(2,3)15-10/h4-5,10,12H,6-7H2,1-3H3/t10-/m1/s1.